The van der Waals surface area contributed by atoms with Crippen molar-refractivity contribution in [3.05, 3.63) is 181 Å². The lowest BCUT2D eigenvalue weighted by Crippen LogP contribution is -2.25. The van der Waals surface area contributed by atoms with Gasteiger partial charge < -0.3 is 0 Å². The van der Waals surface area contributed by atoms with Gasteiger partial charge in [0.05, 0.1) is 5.41 Å². The van der Waals surface area contributed by atoms with E-state index in [1.165, 1.54) is 55.6 Å². The highest BCUT2D eigenvalue weighted by Crippen LogP contribution is 2.62. The van der Waals surface area contributed by atoms with Crippen LogP contribution in [0.25, 0.3) is 55.6 Å². The van der Waals surface area contributed by atoms with Crippen LogP contribution in [0.2, 0.25) is 0 Å². The number of hydrogen-bond acceptors (Lipinski definition) is 2. The third-order valence-electron chi connectivity index (χ3n) is 9.25. The molecule has 5 aromatic carbocycles. The van der Waals surface area contributed by atoms with E-state index in [0.717, 1.165) is 22.3 Å². The Morgan fingerprint density at radius 2 is 0.767 bits per heavy atom. The molecule has 7 aromatic rings. The van der Waals surface area contributed by atoms with Crippen molar-refractivity contribution in [2.45, 2.75) is 5.41 Å². The second kappa shape index (κ2) is 9.20. The predicted octanol–water partition coefficient (Wildman–Crippen LogP) is 9.82. The Balaban J connectivity index is 1.30. The van der Waals surface area contributed by atoms with Crippen LogP contribution in [-0.2, 0) is 5.41 Å². The highest BCUT2D eigenvalue weighted by atomic mass is 14.6. The van der Waals surface area contributed by atoms with Crippen LogP contribution < -0.4 is 0 Å². The number of benzene rings is 5. The maximum Gasteiger partial charge on any atom is 0.0725 e. The van der Waals surface area contributed by atoms with Gasteiger partial charge in [-0.05, 0) is 103 Å². The summed E-state index contributed by atoms with van der Waals surface area (Å²) in [7, 11) is 0. The largest absolute Gasteiger partial charge is 0.264 e. The van der Waals surface area contributed by atoms with Gasteiger partial charge in [0.15, 0.2) is 0 Å². The smallest absolute Gasteiger partial charge is 0.0725 e. The molecule has 0 fully saturated rings. The second-order valence-corrected chi connectivity index (χ2v) is 11.4. The molecule has 2 heterocycles. The zero-order valence-electron chi connectivity index (χ0n) is 23.4. The molecular weight excluding hydrogens is 520 g/mol. The fraction of sp³-hybridized carbons (Fsp3) is 0.0244. The molecular formula is C41H26N2. The Morgan fingerprint density at radius 1 is 0.326 bits per heavy atom. The molecule has 0 saturated heterocycles. The van der Waals surface area contributed by atoms with E-state index in [1.807, 2.05) is 36.9 Å². The Labute approximate surface area is 251 Å². The van der Waals surface area contributed by atoms with Crippen molar-refractivity contribution in [1.29, 1.82) is 0 Å². The summed E-state index contributed by atoms with van der Waals surface area (Å²) < 4.78 is 0. The molecule has 0 N–H and O–H groups in total. The fourth-order valence-electron chi connectivity index (χ4n) is 7.47. The molecule has 200 valence electrons. The van der Waals surface area contributed by atoms with Gasteiger partial charge in [0.1, 0.15) is 0 Å². The minimum absolute atomic E-state index is 0.323. The zero-order valence-corrected chi connectivity index (χ0v) is 23.4. The normalized spacial score (nSPS) is 13.3. The van der Waals surface area contributed by atoms with Crippen molar-refractivity contribution in [1.82, 2.24) is 9.97 Å². The average molecular weight is 547 g/mol. The van der Waals surface area contributed by atoms with E-state index < -0.39 is 0 Å². The summed E-state index contributed by atoms with van der Waals surface area (Å²) in [4.78, 5) is 8.81. The fourth-order valence-corrected chi connectivity index (χ4v) is 7.47. The monoisotopic (exact) mass is 546 g/mol. The van der Waals surface area contributed by atoms with Crippen molar-refractivity contribution < 1.29 is 0 Å². The van der Waals surface area contributed by atoms with Crippen LogP contribution in [0.3, 0.4) is 0 Å². The van der Waals surface area contributed by atoms with Crippen LogP contribution in [0.1, 0.15) is 22.3 Å². The third kappa shape index (κ3) is 3.41. The summed E-state index contributed by atoms with van der Waals surface area (Å²) in [5, 5.41) is 0. The Bertz CT molecular complexity index is 2080. The van der Waals surface area contributed by atoms with Crippen LogP contribution in [0.15, 0.2) is 158 Å². The first-order valence-electron chi connectivity index (χ1n) is 14.7. The molecule has 2 nitrogen and oxygen atoms in total. The van der Waals surface area contributed by atoms with Crippen molar-refractivity contribution in [2.75, 3.05) is 0 Å². The minimum Gasteiger partial charge on any atom is -0.264 e. The Morgan fingerprint density at radius 3 is 1.26 bits per heavy atom. The van der Waals surface area contributed by atoms with Gasteiger partial charge in [-0.25, -0.2) is 0 Å². The van der Waals surface area contributed by atoms with Crippen LogP contribution >= 0.6 is 0 Å². The van der Waals surface area contributed by atoms with Gasteiger partial charge in [0, 0.05) is 35.9 Å². The lowest BCUT2D eigenvalue weighted by Gasteiger charge is -2.30. The van der Waals surface area contributed by atoms with E-state index in [9.17, 15) is 0 Å². The summed E-state index contributed by atoms with van der Waals surface area (Å²) >= 11 is 0. The maximum absolute atomic E-state index is 4.40. The van der Waals surface area contributed by atoms with Crippen molar-refractivity contribution in [3.8, 4) is 55.6 Å². The summed E-state index contributed by atoms with van der Waals surface area (Å²) in [5.74, 6) is 0. The lowest BCUT2D eigenvalue weighted by atomic mass is 9.70. The van der Waals surface area contributed by atoms with E-state index in [-0.39, 0.29) is 5.41 Å². The van der Waals surface area contributed by atoms with Crippen LogP contribution in [0.5, 0.6) is 0 Å². The van der Waals surface area contributed by atoms with Gasteiger partial charge in [0.25, 0.3) is 0 Å². The summed E-state index contributed by atoms with van der Waals surface area (Å²) in [6, 6.07) is 49.0. The van der Waals surface area contributed by atoms with Crippen LogP contribution in [0, 0.1) is 0 Å². The van der Waals surface area contributed by atoms with Gasteiger partial charge in [-0.2, -0.15) is 0 Å². The average Bonchev–Trinajstić information content (AvgIpc) is 3.56. The van der Waals surface area contributed by atoms with E-state index in [2.05, 4.69) is 131 Å². The number of hydrogen-bond donors (Lipinski definition) is 0. The first-order chi connectivity index (χ1) is 21.3. The number of rotatable bonds is 3. The quantitative estimate of drug-likeness (QED) is 0.220. The van der Waals surface area contributed by atoms with Crippen molar-refractivity contribution in [2.24, 2.45) is 0 Å². The molecule has 2 aliphatic carbocycles. The topological polar surface area (TPSA) is 25.8 Å². The molecule has 0 saturated carbocycles. The van der Waals surface area contributed by atoms with E-state index in [1.54, 1.807) is 0 Å². The molecule has 0 amide bonds. The highest BCUT2D eigenvalue weighted by molar-refractivity contribution is 5.96. The van der Waals surface area contributed by atoms with E-state index in [0.29, 0.717) is 0 Å². The number of fused-ring (bicyclic) bond motifs is 10. The molecule has 2 aromatic heterocycles. The number of pyridine rings is 2. The third-order valence-corrected chi connectivity index (χ3v) is 9.25. The minimum atomic E-state index is -0.323. The summed E-state index contributed by atoms with van der Waals surface area (Å²) in [6.45, 7) is 0. The highest BCUT2D eigenvalue weighted by Gasteiger charge is 2.51. The van der Waals surface area contributed by atoms with Gasteiger partial charge >= 0.3 is 0 Å². The molecule has 43 heavy (non-hydrogen) atoms. The molecule has 0 aliphatic heterocycles. The first-order valence-corrected chi connectivity index (χ1v) is 14.7. The molecule has 9 rings (SSSR count). The molecule has 0 atom stereocenters. The number of nitrogens with zero attached hydrogens (tertiary/aromatic N) is 2. The summed E-state index contributed by atoms with van der Waals surface area (Å²) in [6.07, 6.45) is 7.51. The Hall–Kier alpha value is -5.60. The van der Waals surface area contributed by atoms with E-state index >= 15 is 0 Å². The van der Waals surface area contributed by atoms with Gasteiger partial charge in [-0.15, -0.1) is 0 Å². The SMILES string of the molecule is c1cncc(-c2cc(-c3cccnc3)cc(-c3ccc4c(c3)-c3ccccc3C43c4ccccc4-c4ccccc43)c2)c1. The van der Waals surface area contributed by atoms with Gasteiger partial charge in [0.2, 0.25) is 0 Å². The molecule has 0 unspecified atom stereocenters. The molecule has 0 bridgehead atoms. The second-order valence-electron chi connectivity index (χ2n) is 11.4. The molecule has 1 spiro atoms. The van der Waals surface area contributed by atoms with Crippen LogP contribution in [0.4, 0.5) is 0 Å². The van der Waals surface area contributed by atoms with Crippen LogP contribution in [-0.4, -0.2) is 9.97 Å². The molecule has 2 heteroatoms. The van der Waals surface area contributed by atoms with Crippen molar-refractivity contribution >= 4 is 0 Å². The number of aromatic nitrogens is 2. The van der Waals surface area contributed by atoms with Crippen molar-refractivity contribution in [3.63, 3.8) is 0 Å². The zero-order chi connectivity index (χ0) is 28.4. The predicted molar refractivity (Wildman–Crippen MR) is 175 cm³/mol. The van der Waals surface area contributed by atoms with E-state index in [4.69, 9.17) is 0 Å². The van der Waals surface area contributed by atoms with Gasteiger partial charge in [-0.1, -0.05) is 97.1 Å². The lowest BCUT2D eigenvalue weighted by molar-refractivity contribution is 0.794. The summed E-state index contributed by atoms with van der Waals surface area (Å²) in [5.41, 5.74) is 17.2. The molecule has 2 aliphatic rings. The van der Waals surface area contributed by atoms with Gasteiger partial charge in [-0.3, -0.25) is 9.97 Å². The maximum atomic E-state index is 4.40. The standard InChI is InChI=1S/C41H26N2/c1-4-14-37-33(11-1)34-12-2-5-15-38(34)41(37)39-16-6-3-13-35(39)36-24-27(17-18-40(36)41)30-21-31(28-9-7-19-42-25-28)23-32(22-30)29-10-8-20-43-26-29/h1-26H. The first kappa shape index (κ1) is 24.0. The Kier molecular flexibility index (Phi) is 5.15. The molecule has 0 radical (unpaired) electrons.